The number of nitrogens with two attached hydrogens (primary N) is 1. The molecule has 5 heteroatoms. The van der Waals surface area contributed by atoms with E-state index >= 15 is 0 Å². The molecule has 0 saturated carbocycles. The van der Waals surface area contributed by atoms with Gasteiger partial charge in [-0.2, -0.15) is 5.10 Å². The normalized spacial score (nSPS) is 25.4. The van der Waals surface area contributed by atoms with E-state index in [1.165, 1.54) is 23.1 Å². The molecule has 4 unspecified atom stereocenters. The molecule has 0 aromatic heterocycles. The van der Waals surface area contributed by atoms with Crippen LogP contribution >= 0.6 is 0 Å². The Morgan fingerprint density at radius 2 is 2.15 bits per heavy atom. The molecule has 0 spiro atoms. The lowest BCUT2D eigenvalue weighted by molar-refractivity contribution is 0.298. The maximum atomic E-state index is 6.37. The van der Waals surface area contributed by atoms with Gasteiger partial charge in [0.2, 0.25) is 0 Å². The molecular formula is C34H49N5. The minimum absolute atomic E-state index is 0.228. The van der Waals surface area contributed by atoms with Crippen LogP contribution in [0.1, 0.15) is 65.7 Å². The lowest BCUT2D eigenvalue weighted by Crippen LogP contribution is -2.36. The Morgan fingerprint density at radius 3 is 2.85 bits per heavy atom. The Kier molecular flexibility index (Phi) is 13.2. The summed E-state index contributed by atoms with van der Waals surface area (Å²) in [5.74, 6) is 7.39. The highest BCUT2D eigenvalue weighted by Crippen LogP contribution is 2.32. The summed E-state index contributed by atoms with van der Waals surface area (Å²) in [6.07, 6.45) is 36.0. The number of unbranched alkanes of at least 4 members (excludes halogenated alkanes) is 1. The molecule has 5 nitrogen and oxygen atoms in total. The molecule has 3 N–H and O–H groups in total. The van der Waals surface area contributed by atoms with Gasteiger partial charge < -0.3 is 0 Å². The second-order valence-electron chi connectivity index (χ2n) is 10.5. The summed E-state index contributed by atoms with van der Waals surface area (Å²) >= 11 is 0. The van der Waals surface area contributed by atoms with Gasteiger partial charge in [0.15, 0.2) is 0 Å². The van der Waals surface area contributed by atoms with Crippen LogP contribution in [0.3, 0.4) is 0 Å². The largest absolute Gasteiger partial charge is 0.291 e. The van der Waals surface area contributed by atoms with Gasteiger partial charge in [0.25, 0.3) is 0 Å². The zero-order chi connectivity index (χ0) is 27.9. The predicted octanol–water partition coefficient (Wildman–Crippen LogP) is 7.37. The number of allylic oxidation sites excluding steroid dienone is 14. The molecule has 2 aliphatic carbocycles. The van der Waals surface area contributed by atoms with Crippen LogP contribution in [-0.2, 0) is 0 Å². The van der Waals surface area contributed by atoms with Crippen LogP contribution in [-0.4, -0.2) is 36.3 Å². The van der Waals surface area contributed by atoms with Gasteiger partial charge in [-0.3, -0.25) is 10.3 Å². The van der Waals surface area contributed by atoms with Crippen molar-refractivity contribution in [2.24, 2.45) is 33.7 Å². The number of rotatable bonds is 14. The van der Waals surface area contributed by atoms with Crippen molar-refractivity contribution in [1.29, 1.82) is 0 Å². The highest BCUT2D eigenvalue weighted by molar-refractivity contribution is 5.99. The van der Waals surface area contributed by atoms with Gasteiger partial charge in [0, 0.05) is 30.5 Å². The molecule has 39 heavy (non-hydrogen) atoms. The van der Waals surface area contributed by atoms with Crippen LogP contribution in [0.25, 0.3) is 0 Å². The molecule has 0 amide bonds. The average molecular weight is 528 g/mol. The molecule has 0 aromatic carbocycles. The summed E-state index contributed by atoms with van der Waals surface area (Å²) in [6.45, 7) is 12.0. The van der Waals surface area contributed by atoms with E-state index in [0.717, 1.165) is 44.2 Å². The molecule has 0 saturated heterocycles. The van der Waals surface area contributed by atoms with Crippen LogP contribution in [0, 0.1) is 17.8 Å². The molecule has 4 atom stereocenters. The van der Waals surface area contributed by atoms with Gasteiger partial charge in [0.05, 0.1) is 18.9 Å². The lowest BCUT2D eigenvalue weighted by Gasteiger charge is -2.28. The SMILES string of the molecule is C=CC(/C=C/CCC)C/C=C/C1=CCC(C2=CC=C/C(=N/N(N)CC/C(=C\CC)C3CC=NCN3)C2C)C=C1. The zero-order valence-electron chi connectivity index (χ0n) is 24.3. The van der Waals surface area contributed by atoms with E-state index in [1.54, 1.807) is 5.12 Å². The van der Waals surface area contributed by atoms with Gasteiger partial charge in [-0.25, -0.2) is 11.0 Å². The number of hydrogen-bond donors (Lipinski definition) is 2. The fourth-order valence-electron chi connectivity index (χ4n) is 5.24. The Hall–Kier alpha value is -3.02. The summed E-state index contributed by atoms with van der Waals surface area (Å²) in [5, 5.41) is 9.91. The Morgan fingerprint density at radius 1 is 1.28 bits per heavy atom. The first-order valence-corrected chi connectivity index (χ1v) is 14.8. The average Bonchev–Trinajstić information content (AvgIpc) is 2.96. The Balaban J connectivity index is 1.52. The first-order chi connectivity index (χ1) is 19.0. The molecule has 1 aliphatic heterocycles. The van der Waals surface area contributed by atoms with Crippen LogP contribution in [0.4, 0.5) is 0 Å². The molecule has 3 rings (SSSR count). The molecule has 210 valence electrons. The van der Waals surface area contributed by atoms with Crippen molar-refractivity contribution in [2.45, 2.75) is 71.8 Å². The summed E-state index contributed by atoms with van der Waals surface area (Å²) < 4.78 is 0. The van der Waals surface area contributed by atoms with Crippen LogP contribution in [0.5, 0.6) is 0 Å². The smallest absolute Gasteiger partial charge is 0.0885 e. The highest BCUT2D eigenvalue weighted by atomic mass is 15.6. The molecule has 1 heterocycles. The molecule has 0 radical (unpaired) electrons. The number of hydrazine groups is 1. The number of nitrogens with one attached hydrogen (secondary N) is 1. The maximum absolute atomic E-state index is 6.37. The molecule has 3 aliphatic rings. The third-order valence-electron chi connectivity index (χ3n) is 7.60. The number of hydrogen-bond acceptors (Lipinski definition) is 5. The van der Waals surface area contributed by atoms with Gasteiger partial charge in [0.1, 0.15) is 0 Å². The number of hydrazone groups is 1. The first-order valence-electron chi connectivity index (χ1n) is 14.8. The van der Waals surface area contributed by atoms with E-state index in [2.05, 4.69) is 104 Å². The van der Waals surface area contributed by atoms with Crippen molar-refractivity contribution in [1.82, 2.24) is 10.4 Å². The van der Waals surface area contributed by atoms with Gasteiger partial charge in [-0.05, 0) is 49.7 Å². The third-order valence-corrected chi connectivity index (χ3v) is 7.60. The van der Waals surface area contributed by atoms with Crippen molar-refractivity contribution >= 4 is 11.9 Å². The second-order valence-corrected chi connectivity index (χ2v) is 10.5. The highest BCUT2D eigenvalue weighted by Gasteiger charge is 2.24. The van der Waals surface area contributed by atoms with Crippen molar-refractivity contribution < 1.29 is 0 Å². The molecular weight excluding hydrogens is 478 g/mol. The molecule has 0 fully saturated rings. The van der Waals surface area contributed by atoms with Crippen molar-refractivity contribution in [3.05, 3.63) is 96.2 Å². The molecule has 0 aromatic rings. The van der Waals surface area contributed by atoms with Crippen molar-refractivity contribution in [2.75, 3.05) is 13.2 Å². The minimum Gasteiger partial charge on any atom is -0.291 e. The standard InChI is InChI=1S/C34H49N5/c1-5-8-9-13-28(7-3)14-10-15-29-18-20-30(21-19-29)32-16-11-17-33(27(32)4)38-39(35)25-23-31(12-6-2)34-22-24-36-26-37-34/h7,9-13,15-20,24,27-28,30,34,37H,3,5-6,8,14,21-23,25-26,35H2,1-2,4H3/b13-9+,15-10+,31-12+,38-33-. The Labute approximate surface area is 237 Å². The van der Waals surface area contributed by atoms with E-state index in [4.69, 9.17) is 10.9 Å². The van der Waals surface area contributed by atoms with Crippen LogP contribution in [0.15, 0.2) is 106 Å². The summed E-state index contributed by atoms with van der Waals surface area (Å²) in [5.41, 5.74) is 5.09. The van der Waals surface area contributed by atoms with E-state index in [9.17, 15) is 0 Å². The van der Waals surface area contributed by atoms with Gasteiger partial charge >= 0.3 is 0 Å². The van der Waals surface area contributed by atoms with Gasteiger partial charge in [-0.15, -0.1) is 6.58 Å². The Bertz CT molecular complexity index is 1070. The monoisotopic (exact) mass is 527 g/mol. The van der Waals surface area contributed by atoms with Crippen molar-refractivity contribution in [3.63, 3.8) is 0 Å². The predicted molar refractivity (Wildman–Crippen MR) is 169 cm³/mol. The summed E-state index contributed by atoms with van der Waals surface area (Å²) in [6, 6.07) is 0.350. The summed E-state index contributed by atoms with van der Waals surface area (Å²) in [4.78, 5) is 4.28. The second kappa shape index (κ2) is 16.8. The fourth-order valence-corrected chi connectivity index (χ4v) is 5.24. The topological polar surface area (TPSA) is 66.0 Å². The number of aliphatic imine (C=N–C) groups is 1. The first kappa shape index (κ1) is 30.5. The lowest BCUT2D eigenvalue weighted by atomic mass is 9.79. The number of nitrogens with zero attached hydrogens (tertiary/aromatic N) is 3. The van der Waals surface area contributed by atoms with Crippen molar-refractivity contribution in [3.8, 4) is 0 Å². The van der Waals surface area contributed by atoms with E-state index in [-0.39, 0.29) is 5.92 Å². The van der Waals surface area contributed by atoms with E-state index < -0.39 is 0 Å². The minimum atomic E-state index is 0.228. The van der Waals surface area contributed by atoms with Crippen LogP contribution < -0.4 is 11.2 Å². The quantitative estimate of drug-likeness (QED) is 0.141. The van der Waals surface area contributed by atoms with Gasteiger partial charge in [-0.1, -0.05) is 105 Å². The molecule has 0 bridgehead atoms. The van der Waals surface area contributed by atoms with E-state index in [1.807, 2.05) is 12.3 Å². The maximum Gasteiger partial charge on any atom is 0.0885 e. The summed E-state index contributed by atoms with van der Waals surface area (Å²) in [7, 11) is 0. The fraction of sp³-hybridized carbons (Fsp3) is 0.471. The van der Waals surface area contributed by atoms with Crippen LogP contribution in [0.2, 0.25) is 0 Å². The zero-order valence-corrected chi connectivity index (χ0v) is 24.3. The van der Waals surface area contributed by atoms with E-state index in [0.29, 0.717) is 31.1 Å². The third kappa shape index (κ3) is 9.90.